The van der Waals surface area contributed by atoms with Crippen molar-refractivity contribution in [2.75, 3.05) is 19.8 Å². The van der Waals surface area contributed by atoms with Crippen molar-refractivity contribution in [2.45, 2.75) is 27.2 Å². The van der Waals surface area contributed by atoms with Crippen LogP contribution in [0.15, 0.2) is 18.2 Å². The highest BCUT2D eigenvalue weighted by Gasteiger charge is 2.10. The number of thiazole rings is 1. The molecule has 0 bridgehead atoms. The van der Waals surface area contributed by atoms with Crippen molar-refractivity contribution < 1.29 is 19.0 Å². The number of ether oxygens (including phenoxy) is 3. The van der Waals surface area contributed by atoms with Gasteiger partial charge in [-0.2, -0.15) is 0 Å². The Labute approximate surface area is 161 Å². The number of nitrogens with one attached hydrogen (secondary N) is 1. The maximum Gasteiger partial charge on any atom is 0.332 e. The van der Waals surface area contributed by atoms with Crippen molar-refractivity contribution in [3.63, 3.8) is 0 Å². The highest BCUT2D eigenvalue weighted by atomic mass is 32.1. The summed E-state index contributed by atoms with van der Waals surface area (Å²) in [5.41, 5.74) is 0.869. The monoisotopic (exact) mass is 393 g/mol. The van der Waals surface area contributed by atoms with Crippen LogP contribution in [0.4, 0.5) is 0 Å². The third-order valence-electron chi connectivity index (χ3n) is 3.30. The van der Waals surface area contributed by atoms with Crippen molar-refractivity contribution in [3.05, 3.63) is 37.6 Å². The largest absolute Gasteiger partial charge is 0.490 e. The number of benzene rings is 1. The summed E-state index contributed by atoms with van der Waals surface area (Å²) in [5.74, 6) is 0.985. The molecular formula is C19H23NO4S2. The molecule has 0 fully saturated rings. The van der Waals surface area contributed by atoms with Crippen molar-refractivity contribution in [2.24, 2.45) is 0 Å². The summed E-state index contributed by atoms with van der Waals surface area (Å²) < 4.78 is 18.0. The first-order valence-electron chi connectivity index (χ1n) is 8.56. The van der Waals surface area contributed by atoms with Gasteiger partial charge in [0.2, 0.25) is 0 Å². The van der Waals surface area contributed by atoms with Crippen LogP contribution >= 0.6 is 23.6 Å². The van der Waals surface area contributed by atoms with E-state index in [1.165, 1.54) is 17.4 Å². The minimum atomic E-state index is -0.406. The third-order valence-corrected chi connectivity index (χ3v) is 4.50. The highest BCUT2D eigenvalue weighted by molar-refractivity contribution is 7.73. The van der Waals surface area contributed by atoms with E-state index in [2.05, 4.69) is 11.9 Å². The van der Waals surface area contributed by atoms with Crippen LogP contribution in [0.2, 0.25) is 0 Å². The molecule has 0 aliphatic rings. The second kappa shape index (κ2) is 10.1. The first-order chi connectivity index (χ1) is 12.6. The Morgan fingerprint density at radius 1 is 1.23 bits per heavy atom. The van der Waals surface area contributed by atoms with Crippen LogP contribution in [-0.2, 0) is 9.53 Å². The van der Waals surface area contributed by atoms with E-state index in [1.54, 1.807) is 6.92 Å². The van der Waals surface area contributed by atoms with Gasteiger partial charge in [-0.3, -0.25) is 0 Å². The van der Waals surface area contributed by atoms with E-state index in [0.717, 1.165) is 16.5 Å². The Hall–Kier alpha value is -2.12. The van der Waals surface area contributed by atoms with Crippen LogP contribution in [0.1, 0.15) is 32.8 Å². The number of esters is 1. The highest BCUT2D eigenvalue weighted by Crippen LogP contribution is 2.32. The van der Waals surface area contributed by atoms with E-state index < -0.39 is 5.97 Å². The van der Waals surface area contributed by atoms with Crippen molar-refractivity contribution in [1.82, 2.24) is 4.98 Å². The Bertz CT molecular complexity index is 914. The Kier molecular flexibility index (Phi) is 7.87. The standard InChI is InChI=1S/C19H23NO4S2/c1-4-10-24-18-13(8-7-9-15(18)22-5-2)11-16-14(20-19(25)26-16)12-17(21)23-6-3/h7-9,11-12H,4-6,10H2,1-3H3,(H,20,25)/b14-12-,16-11-. The molecule has 0 aliphatic heterocycles. The number of aromatic amines is 1. The minimum absolute atomic E-state index is 0.324. The number of rotatable bonds is 8. The number of aromatic nitrogens is 1. The molecule has 2 aromatic rings. The molecule has 1 aromatic heterocycles. The normalized spacial score (nSPS) is 12.3. The lowest BCUT2D eigenvalue weighted by atomic mass is 10.1. The minimum Gasteiger partial charge on any atom is -0.490 e. The summed E-state index contributed by atoms with van der Waals surface area (Å²) >= 11 is 6.63. The fourth-order valence-electron chi connectivity index (χ4n) is 2.28. The molecule has 1 N–H and O–H groups in total. The molecule has 1 heterocycles. The predicted molar refractivity (Wildman–Crippen MR) is 107 cm³/mol. The lowest BCUT2D eigenvalue weighted by molar-refractivity contribution is -0.135. The second-order valence-corrected chi connectivity index (χ2v) is 7.01. The van der Waals surface area contributed by atoms with Gasteiger partial charge in [0.1, 0.15) is 0 Å². The molecule has 0 radical (unpaired) electrons. The molecule has 26 heavy (non-hydrogen) atoms. The van der Waals surface area contributed by atoms with Crippen LogP contribution < -0.4 is 19.4 Å². The Balaban J connectivity index is 2.58. The maximum atomic E-state index is 11.8. The molecule has 0 atom stereocenters. The zero-order valence-electron chi connectivity index (χ0n) is 15.2. The zero-order valence-corrected chi connectivity index (χ0v) is 16.8. The van der Waals surface area contributed by atoms with Crippen molar-refractivity contribution >= 4 is 41.7 Å². The van der Waals surface area contributed by atoms with Gasteiger partial charge < -0.3 is 19.2 Å². The van der Waals surface area contributed by atoms with E-state index in [9.17, 15) is 4.79 Å². The molecule has 2 rings (SSSR count). The predicted octanol–water partition coefficient (Wildman–Crippen LogP) is 3.17. The summed E-state index contributed by atoms with van der Waals surface area (Å²) in [6.45, 7) is 7.23. The van der Waals surface area contributed by atoms with Gasteiger partial charge in [0.15, 0.2) is 15.5 Å². The van der Waals surface area contributed by atoms with Gasteiger partial charge in [0, 0.05) is 11.6 Å². The molecule has 0 amide bonds. The lowest BCUT2D eigenvalue weighted by Gasteiger charge is -2.13. The van der Waals surface area contributed by atoms with E-state index in [1.807, 2.05) is 31.2 Å². The average molecular weight is 394 g/mol. The number of hydrogen-bond donors (Lipinski definition) is 1. The van der Waals surface area contributed by atoms with E-state index in [4.69, 9.17) is 26.4 Å². The SMILES string of the molecule is CCCOc1c(/C=c2\sc(=S)[nH]\c2=C/C(=O)OCC)cccc1OCC. The molecule has 0 unspecified atom stereocenters. The molecular weight excluding hydrogens is 370 g/mol. The van der Waals surface area contributed by atoms with Gasteiger partial charge in [-0.15, -0.1) is 11.3 Å². The topological polar surface area (TPSA) is 60.6 Å². The van der Waals surface area contributed by atoms with Gasteiger partial charge in [0.05, 0.1) is 29.7 Å². The summed E-state index contributed by atoms with van der Waals surface area (Å²) in [6, 6.07) is 5.75. The van der Waals surface area contributed by atoms with Gasteiger partial charge >= 0.3 is 5.97 Å². The summed E-state index contributed by atoms with van der Waals surface area (Å²) in [5, 5.41) is 0.627. The zero-order chi connectivity index (χ0) is 18.9. The summed E-state index contributed by atoms with van der Waals surface area (Å²) in [7, 11) is 0. The maximum absolute atomic E-state index is 11.8. The van der Waals surface area contributed by atoms with Crippen LogP contribution in [-0.4, -0.2) is 30.8 Å². The Morgan fingerprint density at radius 2 is 2.04 bits per heavy atom. The molecule has 0 aliphatic carbocycles. The molecule has 0 saturated heterocycles. The van der Waals surface area contributed by atoms with Gasteiger partial charge in [-0.05, 0) is 44.6 Å². The summed E-state index contributed by atoms with van der Waals surface area (Å²) in [6.07, 6.45) is 4.25. The van der Waals surface area contributed by atoms with E-state index in [-0.39, 0.29) is 0 Å². The fraction of sp³-hybridized carbons (Fsp3) is 0.368. The number of para-hydroxylation sites is 1. The number of H-pyrrole nitrogens is 1. The van der Waals surface area contributed by atoms with Crippen molar-refractivity contribution in [3.8, 4) is 11.5 Å². The van der Waals surface area contributed by atoms with Gasteiger partial charge in [-0.1, -0.05) is 19.1 Å². The molecule has 0 spiro atoms. The quantitative estimate of drug-likeness (QED) is 0.551. The number of carbonyl (C=O) groups is 1. The lowest BCUT2D eigenvalue weighted by Crippen LogP contribution is -2.23. The molecule has 1 aromatic carbocycles. The first kappa shape index (κ1) is 20.2. The first-order valence-corrected chi connectivity index (χ1v) is 9.79. The van der Waals surface area contributed by atoms with E-state index in [0.29, 0.717) is 40.6 Å². The summed E-state index contributed by atoms with van der Waals surface area (Å²) in [4.78, 5) is 14.8. The number of hydrogen-bond acceptors (Lipinski definition) is 6. The number of carbonyl (C=O) groups excluding carboxylic acids is 1. The average Bonchev–Trinajstić information content (AvgIpc) is 2.93. The van der Waals surface area contributed by atoms with E-state index >= 15 is 0 Å². The molecule has 7 heteroatoms. The van der Waals surface area contributed by atoms with Crippen LogP contribution in [0.25, 0.3) is 12.2 Å². The fourth-order valence-corrected chi connectivity index (χ4v) is 3.43. The Morgan fingerprint density at radius 3 is 2.73 bits per heavy atom. The van der Waals surface area contributed by atoms with Crippen LogP contribution in [0.5, 0.6) is 11.5 Å². The second-order valence-electron chi connectivity index (χ2n) is 5.29. The molecule has 0 saturated carbocycles. The smallest absolute Gasteiger partial charge is 0.332 e. The molecule has 140 valence electrons. The van der Waals surface area contributed by atoms with Crippen LogP contribution in [0.3, 0.4) is 0 Å². The molecule has 5 nitrogen and oxygen atoms in total. The van der Waals surface area contributed by atoms with Crippen molar-refractivity contribution in [1.29, 1.82) is 0 Å². The third kappa shape index (κ3) is 5.44. The van der Waals surface area contributed by atoms with Gasteiger partial charge in [0.25, 0.3) is 0 Å². The van der Waals surface area contributed by atoms with Gasteiger partial charge in [-0.25, -0.2) is 4.79 Å². The van der Waals surface area contributed by atoms with Crippen LogP contribution in [0, 0.1) is 3.95 Å².